The van der Waals surface area contributed by atoms with Crippen molar-refractivity contribution in [3.8, 4) is 0 Å². The first-order chi connectivity index (χ1) is 4.36. The standard InChI is InChI=1S/C6H12O3/c1-8-6-2-5(3-7)9-4-6/h5-7H,2-4H2,1H3/t5-,6?/m0/s1. The quantitative estimate of drug-likeness (QED) is 0.564. The zero-order valence-electron chi connectivity index (χ0n) is 5.54. The molecule has 1 saturated heterocycles. The lowest BCUT2D eigenvalue weighted by atomic mass is 10.2. The highest BCUT2D eigenvalue weighted by Crippen LogP contribution is 2.14. The monoisotopic (exact) mass is 132 g/mol. The van der Waals surface area contributed by atoms with Crippen LogP contribution in [0.15, 0.2) is 0 Å². The van der Waals surface area contributed by atoms with Crippen molar-refractivity contribution in [3.05, 3.63) is 0 Å². The van der Waals surface area contributed by atoms with Crippen molar-refractivity contribution in [2.24, 2.45) is 0 Å². The van der Waals surface area contributed by atoms with Crippen LogP contribution in [-0.4, -0.2) is 37.6 Å². The molecular weight excluding hydrogens is 120 g/mol. The molecule has 1 rings (SSSR count). The molecule has 0 aromatic heterocycles. The number of aliphatic hydroxyl groups is 1. The molecular formula is C6H12O3. The first-order valence-corrected chi connectivity index (χ1v) is 3.12. The maximum Gasteiger partial charge on any atom is 0.0832 e. The predicted molar refractivity (Wildman–Crippen MR) is 32.2 cm³/mol. The van der Waals surface area contributed by atoms with Crippen LogP contribution in [0.25, 0.3) is 0 Å². The van der Waals surface area contributed by atoms with E-state index in [2.05, 4.69) is 0 Å². The Morgan fingerprint density at radius 2 is 2.56 bits per heavy atom. The fraction of sp³-hybridized carbons (Fsp3) is 1.00. The Hall–Kier alpha value is -0.120. The van der Waals surface area contributed by atoms with E-state index >= 15 is 0 Å². The first-order valence-electron chi connectivity index (χ1n) is 3.12. The molecule has 1 unspecified atom stereocenters. The van der Waals surface area contributed by atoms with Crippen LogP contribution in [0.4, 0.5) is 0 Å². The van der Waals surface area contributed by atoms with Crippen LogP contribution in [0.1, 0.15) is 6.42 Å². The Morgan fingerprint density at radius 1 is 1.78 bits per heavy atom. The molecule has 2 atom stereocenters. The van der Waals surface area contributed by atoms with Crippen molar-refractivity contribution in [1.82, 2.24) is 0 Å². The molecule has 1 N–H and O–H groups in total. The molecule has 1 heterocycles. The SMILES string of the molecule is COC1CO[C@H](CO)C1. The van der Waals surface area contributed by atoms with Crippen LogP contribution in [0, 0.1) is 0 Å². The lowest BCUT2D eigenvalue weighted by Crippen LogP contribution is -2.12. The molecule has 3 nitrogen and oxygen atoms in total. The Morgan fingerprint density at radius 3 is 2.89 bits per heavy atom. The Labute approximate surface area is 54.6 Å². The van der Waals surface area contributed by atoms with E-state index in [1.54, 1.807) is 7.11 Å². The third kappa shape index (κ3) is 1.64. The minimum absolute atomic E-state index is 0.00921. The number of aliphatic hydroxyl groups excluding tert-OH is 1. The van der Waals surface area contributed by atoms with E-state index in [4.69, 9.17) is 14.6 Å². The van der Waals surface area contributed by atoms with E-state index in [9.17, 15) is 0 Å². The minimum Gasteiger partial charge on any atom is -0.394 e. The molecule has 0 aliphatic carbocycles. The van der Waals surface area contributed by atoms with Gasteiger partial charge in [-0.3, -0.25) is 0 Å². The van der Waals surface area contributed by atoms with Crippen LogP contribution >= 0.6 is 0 Å². The van der Waals surface area contributed by atoms with Crippen LogP contribution < -0.4 is 0 Å². The van der Waals surface area contributed by atoms with Gasteiger partial charge in [0.15, 0.2) is 0 Å². The van der Waals surface area contributed by atoms with E-state index in [-0.39, 0.29) is 18.8 Å². The lowest BCUT2D eigenvalue weighted by Gasteiger charge is -2.02. The summed E-state index contributed by atoms with van der Waals surface area (Å²) in [7, 11) is 1.66. The van der Waals surface area contributed by atoms with Crippen LogP contribution in [0.2, 0.25) is 0 Å². The molecule has 1 aliphatic rings. The van der Waals surface area contributed by atoms with Crippen LogP contribution in [-0.2, 0) is 9.47 Å². The van der Waals surface area contributed by atoms with Gasteiger partial charge in [-0.2, -0.15) is 0 Å². The number of methoxy groups -OCH3 is 1. The van der Waals surface area contributed by atoms with E-state index < -0.39 is 0 Å². The Balaban J connectivity index is 2.20. The van der Waals surface area contributed by atoms with Gasteiger partial charge in [0.25, 0.3) is 0 Å². The van der Waals surface area contributed by atoms with Gasteiger partial charge in [-0.05, 0) is 0 Å². The van der Waals surface area contributed by atoms with Gasteiger partial charge < -0.3 is 14.6 Å². The number of hydrogen-bond acceptors (Lipinski definition) is 3. The topological polar surface area (TPSA) is 38.7 Å². The second kappa shape index (κ2) is 3.15. The molecule has 3 heteroatoms. The van der Waals surface area contributed by atoms with Gasteiger partial charge in [0.2, 0.25) is 0 Å². The second-order valence-corrected chi connectivity index (χ2v) is 2.23. The van der Waals surface area contributed by atoms with E-state index in [0.29, 0.717) is 6.61 Å². The van der Waals surface area contributed by atoms with Gasteiger partial charge >= 0.3 is 0 Å². The third-order valence-corrected chi connectivity index (χ3v) is 1.58. The zero-order valence-corrected chi connectivity index (χ0v) is 5.54. The minimum atomic E-state index is 0.00921. The maximum atomic E-state index is 8.60. The van der Waals surface area contributed by atoms with E-state index in [0.717, 1.165) is 6.42 Å². The second-order valence-electron chi connectivity index (χ2n) is 2.23. The van der Waals surface area contributed by atoms with Gasteiger partial charge in [0.05, 0.1) is 25.4 Å². The van der Waals surface area contributed by atoms with Gasteiger partial charge in [-0.15, -0.1) is 0 Å². The fourth-order valence-corrected chi connectivity index (χ4v) is 0.964. The molecule has 1 fully saturated rings. The summed E-state index contributed by atoms with van der Waals surface area (Å²) in [4.78, 5) is 0. The summed E-state index contributed by atoms with van der Waals surface area (Å²) in [5.74, 6) is 0. The van der Waals surface area contributed by atoms with E-state index in [1.165, 1.54) is 0 Å². The van der Waals surface area contributed by atoms with Crippen molar-refractivity contribution < 1.29 is 14.6 Å². The van der Waals surface area contributed by atoms with Crippen LogP contribution in [0.3, 0.4) is 0 Å². The highest BCUT2D eigenvalue weighted by atomic mass is 16.6. The third-order valence-electron chi connectivity index (χ3n) is 1.58. The summed E-state index contributed by atoms with van der Waals surface area (Å²) in [5.41, 5.74) is 0. The number of hydrogen-bond donors (Lipinski definition) is 1. The van der Waals surface area contributed by atoms with Crippen molar-refractivity contribution in [1.29, 1.82) is 0 Å². The molecule has 0 aromatic rings. The molecule has 9 heavy (non-hydrogen) atoms. The zero-order chi connectivity index (χ0) is 6.69. The molecule has 0 spiro atoms. The molecule has 54 valence electrons. The van der Waals surface area contributed by atoms with E-state index in [1.807, 2.05) is 0 Å². The van der Waals surface area contributed by atoms with Crippen molar-refractivity contribution in [2.45, 2.75) is 18.6 Å². The van der Waals surface area contributed by atoms with Crippen LogP contribution in [0.5, 0.6) is 0 Å². The molecule has 1 aliphatic heterocycles. The van der Waals surface area contributed by atoms with Crippen molar-refractivity contribution in [2.75, 3.05) is 20.3 Å². The highest BCUT2D eigenvalue weighted by molar-refractivity contribution is 4.72. The molecule has 0 saturated carbocycles. The Bertz CT molecular complexity index is 74.4. The van der Waals surface area contributed by atoms with Crippen molar-refractivity contribution >= 4 is 0 Å². The number of rotatable bonds is 2. The molecule has 0 radical (unpaired) electrons. The summed E-state index contributed by atoms with van der Waals surface area (Å²) in [5, 5.41) is 8.60. The summed E-state index contributed by atoms with van der Waals surface area (Å²) in [6.45, 7) is 0.738. The molecule has 0 aromatic carbocycles. The largest absolute Gasteiger partial charge is 0.394 e. The summed E-state index contributed by atoms with van der Waals surface area (Å²) in [6, 6.07) is 0. The van der Waals surface area contributed by atoms with Crippen molar-refractivity contribution in [3.63, 3.8) is 0 Å². The number of ether oxygens (including phenoxy) is 2. The van der Waals surface area contributed by atoms with Gasteiger partial charge in [-0.1, -0.05) is 0 Å². The smallest absolute Gasteiger partial charge is 0.0832 e. The fourth-order valence-electron chi connectivity index (χ4n) is 0.964. The van der Waals surface area contributed by atoms with Gasteiger partial charge in [0, 0.05) is 13.5 Å². The summed E-state index contributed by atoms with van der Waals surface area (Å²) in [6.07, 6.45) is 1.03. The van der Waals surface area contributed by atoms with Gasteiger partial charge in [-0.25, -0.2) is 0 Å². The normalized spacial score (nSPS) is 35.3. The highest BCUT2D eigenvalue weighted by Gasteiger charge is 2.23. The first kappa shape index (κ1) is 6.99. The maximum absolute atomic E-state index is 8.60. The average Bonchev–Trinajstić information content (AvgIpc) is 2.34. The molecule has 0 bridgehead atoms. The Kier molecular flexibility index (Phi) is 2.45. The van der Waals surface area contributed by atoms with Gasteiger partial charge in [0.1, 0.15) is 0 Å². The predicted octanol–water partition coefficient (Wildman–Crippen LogP) is -0.217. The summed E-state index contributed by atoms with van der Waals surface area (Å²) >= 11 is 0. The summed E-state index contributed by atoms with van der Waals surface area (Å²) < 4.78 is 10.1. The molecule has 0 amide bonds. The average molecular weight is 132 g/mol. The lowest BCUT2D eigenvalue weighted by molar-refractivity contribution is 0.0444.